The SMILES string of the molecule is O=C([O-])c1ccccc1-c1ccccc1CN(C(=O)c1ccc(Cl)cc1)c1ccccc1.[Na+]. The molecule has 0 aromatic heterocycles. The quantitative estimate of drug-likeness (QED) is 0.412. The molecule has 0 aliphatic heterocycles. The average Bonchev–Trinajstić information content (AvgIpc) is 2.83. The third-order valence-electron chi connectivity index (χ3n) is 5.19. The summed E-state index contributed by atoms with van der Waals surface area (Å²) in [4.78, 5) is 26.8. The number of hydrogen-bond donors (Lipinski definition) is 0. The molecule has 4 aromatic rings. The molecule has 0 aliphatic rings. The summed E-state index contributed by atoms with van der Waals surface area (Å²) < 4.78 is 0. The Kier molecular flexibility index (Phi) is 8.48. The van der Waals surface area contributed by atoms with Crippen molar-refractivity contribution in [2.24, 2.45) is 0 Å². The van der Waals surface area contributed by atoms with E-state index in [1.54, 1.807) is 47.4 Å². The maximum Gasteiger partial charge on any atom is 1.00 e. The molecule has 4 aromatic carbocycles. The van der Waals surface area contributed by atoms with Crippen LogP contribution in [-0.2, 0) is 6.54 Å². The minimum absolute atomic E-state index is 0. The fourth-order valence-electron chi connectivity index (χ4n) is 3.62. The number of carbonyl (C=O) groups is 2. The molecule has 0 fully saturated rings. The monoisotopic (exact) mass is 463 g/mol. The van der Waals surface area contributed by atoms with Gasteiger partial charge in [-0.2, -0.15) is 0 Å². The fraction of sp³-hybridized carbons (Fsp3) is 0.0370. The van der Waals surface area contributed by atoms with Crippen LogP contribution in [0.2, 0.25) is 5.02 Å². The number of benzene rings is 4. The number of anilines is 1. The van der Waals surface area contributed by atoms with Crippen molar-refractivity contribution in [3.8, 4) is 11.1 Å². The minimum atomic E-state index is -1.24. The molecule has 0 atom stereocenters. The Hall–Kier alpha value is -2.89. The first kappa shape index (κ1) is 24.7. The first-order valence-corrected chi connectivity index (χ1v) is 10.4. The standard InChI is InChI=1S/C27H20ClNO3.Na/c28-21-16-14-19(15-17-21)26(30)29(22-9-2-1-3-10-22)18-20-8-4-5-11-23(20)24-12-6-7-13-25(24)27(31)32;/h1-17H,18H2,(H,31,32);/q;+1/p-1. The second kappa shape index (κ2) is 11.3. The normalized spacial score (nSPS) is 10.2. The van der Waals surface area contributed by atoms with Crippen LogP contribution in [0.15, 0.2) is 103 Å². The topological polar surface area (TPSA) is 60.4 Å². The number of halogens is 1. The largest absolute Gasteiger partial charge is 1.00 e. The zero-order valence-corrected chi connectivity index (χ0v) is 20.8. The number of carboxylic acids is 1. The Balaban J connectivity index is 0.00000306. The van der Waals surface area contributed by atoms with Crippen LogP contribution in [-0.4, -0.2) is 11.9 Å². The van der Waals surface area contributed by atoms with Gasteiger partial charge in [0.15, 0.2) is 0 Å². The number of rotatable bonds is 6. The first-order valence-electron chi connectivity index (χ1n) is 10.1. The number of carbonyl (C=O) groups excluding carboxylic acids is 2. The molecular formula is C27H19ClNNaO3. The van der Waals surface area contributed by atoms with Crippen LogP contribution >= 0.6 is 11.6 Å². The van der Waals surface area contributed by atoms with Gasteiger partial charge in [-0.3, -0.25) is 4.79 Å². The van der Waals surface area contributed by atoms with Crippen molar-refractivity contribution in [1.82, 2.24) is 0 Å². The fourth-order valence-corrected chi connectivity index (χ4v) is 3.75. The van der Waals surface area contributed by atoms with Crippen molar-refractivity contribution >= 4 is 29.2 Å². The molecule has 0 unspecified atom stereocenters. The van der Waals surface area contributed by atoms with E-state index < -0.39 is 5.97 Å². The van der Waals surface area contributed by atoms with E-state index in [1.807, 2.05) is 54.6 Å². The number of hydrogen-bond acceptors (Lipinski definition) is 3. The Bertz CT molecular complexity index is 1260. The molecule has 0 saturated carbocycles. The number of amides is 1. The molecule has 0 spiro atoms. The number of aromatic carboxylic acids is 1. The van der Waals surface area contributed by atoms with Crippen LogP contribution in [0.3, 0.4) is 0 Å². The molecule has 0 N–H and O–H groups in total. The van der Waals surface area contributed by atoms with Crippen LogP contribution < -0.4 is 39.6 Å². The van der Waals surface area contributed by atoms with Gasteiger partial charge in [0.1, 0.15) is 0 Å². The van der Waals surface area contributed by atoms with Gasteiger partial charge < -0.3 is 14.8 Å². The van der Waals surface area contributed by atoms with E-state index in [4.69, 9.17) is 11.6 Å². The van der Waals surface area contributed by atoms with E-state index in [9.17, 15) is 14.7 Å². The van der Waals surface area contributed by atoms with E-state index in [2.05, 4.69) is 0 Å². The van der Waals surface area contributed by atoms with Crippen LogP contribution in [0.5, 0.6) is 0 Å². The van der Waals surface area contributed by atoms with E-state index in [-0.39, 0.29) is 47.6 Å². The predicted molar refractivity (Wildman–Crippen MR) is 125 cm³/mol. The van der Waals surface area contributed by atoms with Gasteiger partial charge in [-0.1, -0.05) is 78.3 Å². The summed E-state index contributed by atoms with van der Waals surface area (Å²) in [6.07, 6.45) is 0. The predicted octanol–water partition coefficient (Wildman–Crippen LogP) is 2.22. The number of carboxylic acid groups (broad SMARTS) is 1. The van der Waals surface area contributed by atoms with Gasteiger partial charge in [-0.25, -0.2) is 0 Å². The van der Waals surface area contributed by atoms with E-state index in [0.717, 1.165) is 16.8 Å². The second-order valence-corrected chi connectivity index (χ2v) is 7.66. The molecule has 6 heteroatoms. The van der Waals surface area contributed by atoms with Gasteiger partial charge in [0.25, 0.3) is 5.91 Å². The Labute approximate surface area is 219 Å². The van der Waals surface area contributed by atoms with Crippen LogP contribution in [0.25, 0.3) is 11.1 Å². The molecular weight excluding hydrogens is 445 g/mol. The van der Waals surface area contributed by atoms with Gasteiger partial charge in [0, 0.05) is 21.8 Å². The summed E-state index contributed by atoms with van der Waals surface area (Å²) in [6, 6.07) is 30.3. The molecule has 0 aliphatic carbocycles. The molecule has 33 heavy (non-hydrogen) atoms. The van der Waals surface area contributed by atoms with Gasteiger partial charge in [-0.15, -0.1) is 0 Å². The van der Waals surface area contributed by atoms with Gasteiger partial charge in [-0.05, 0) is 53.1 Å². The maximum atomic E-state index is 13.5. The second-order valence-electron chi connectivity index (χ2n) is 7.22. The van der Waals surface area contributed by atoms with Crippen molar-refractivity contribution in [3.05, 3.63) is 125 Å². The third-order valence-corrected chi connectivity index (χ3v) is 5.44. The van der Waals surface area contributed by atoms with Crippen molar-refractivity contribution in [3.63, 3.8) is 0 Å². The molecule has 1 amide bonds. The first-order chi connectivity index (χ1) is 15.5. The smallest absolute Gasteiger partial charge is 0.545 e. The summed E-state index contributed by atoms with van der Waals surface area (Å²) in [5.74, 6) is -1.43. The average molecular weight is 464 g/mol. The summed E-state index contributed by atoms with van der Waals surface area (Å²) in [5, 5.41) is 12.2. The molecule has 0 saturated heterocycles. The minimum Gasteiger partial charge on any atom is -0.545 e. The van der Waals surface area contributed by atoms with E-state index in [1.165, 1.54) is 6.07 Å². The number of para-hydroxylation sites is 1. The molecule has 0 heterocycles. The Morgan fingerprint density at radius 3 is 1.97 bits per heavy atom. The molecule has 0 radical (unpaired) electrons. The van der Waals surface area contributed by atoms with E-state index >= 15 is 0 Å². The van der Waals surface area contributed by atoms with Crippen molar-refractivity contribution < 1.29 is 44.3 Å². The van der Waals surface area contributed by atoms with Crippen LogP contribution in [0.1, 0.15) is 26.3 Å². The summed E-state index contributed by atoms with van der Waals surface area (Å²) >= 11 is 5.99. The zero-order chi connectivity index (χ0) is 22.5. The van der Waals surface area contributed by atoms with Gasteiger partial charge in [0.2, 0.25) is 0 Å². The van der Waals surface area contributed by atoms with Crippen LogP contribution in [0.4, 0.5) is 5.69 Å². The maximum absolute atomic E-state index is 13.5. The summed E-state index contributed by atoms with van der Waals surface area (Å²) in [5.41, 5.74) is 3.44. The molecule has 4 rings (SSSR count). The zero-order valence-electron chi connectivity index (χ0n) is 18.1. The number of nitrogens with zero attached hydrogens (tertiary/aromatic N) is 1. The van der Waals surface area contributed by atoms with E-state index in [0.29, 0.717) is 16.1 Å². The molecule has 4 nitrogen and oxygen atoms in total. The molecule has 0 bridgehead atoms. The van der Waals surface area contributed by atoms with Crippen molar-refractivity contribution in [2.45, 2.75) is 6.54 Å². The van der Waals surface area contributed by atoms with Crippen molar-refractivity contribution in [2.75, 3.05) is 4.90 Å². The summed E-state index contributed by atoms with van der Waals surface area (Å²) in [6.45, 7) is 0.253. The van der Waals surface area contributed by atoms with Gasteiger partial charge >= 0.3 is 29.6 Å². The van der Waals surface area contributed by atoms with Crippen molar-refractivity contribution in [1.29, 1.82) is 0 Å². The Morgan fingerprint density at radius 2 is 1.30 bits per heavy atom. The summed E-state index contributed by atoms with van der Waals surface area (Å²) in [7, 11) is 0. The molecule has 158 valence electrons. The Morgan fingerprint density at radius 1 is 0.727 bits per heavy atom. The van der Waals surface area contributed by atoms with Gasteiger partial charge in [0.05, 0.1) is 12.5 Å². The van der Waals surface area contributed by atoms with Crippen LogP contribution in [0, 0.1) is 0 Å². The third kappa shape index (κ3) is 5.73.